The Balaban J connectivity index is 1.90. The number of benzene rings is 3. The molecule has 0 aliphatic rings. The molecule has 1 N–H and O–H groups in total. The van der Waals surface area contributed by atoms with Gasteiger partial charge >= 0.3 is 0 Å². The molecule has 0 heterocycles. The lowest BCUT2D eigenvalue weighted by atomic mass is 10.0. The van der Waals surface area contributed by atoms with Crippen molar-refractivity contribution in [2.75, 3.05) is 13.2 Å². The molecule has 0 bridgehead atoms. The molecule has 3 rings (SSSR count). The molecule has 35 heavy (non-hydrogen) atoms. The van der Waals surface area contributed by atoms with Gasteiger partial charge in [-0.15, -0.1) is 0 Å². The summed E-state index contributed by atoms with van der Waals surface area (Å²) < 4.78 is 5.72. The van der Waals surface area contributed by atoms with E-state index in [9.17, 15) is 9.59 Å². The summed E-state index contributed by atoms with van der Waals surface area (Å²) in [6.45, 7) is 2.38. The molecule has 184 valence electrons. The van der Waals surface area contributed by atoms with Gasteiger partial charge in [-0.2, -0.15) is 0 Å². The van der Waals surface area contributed by atoms with Gasteiger partial charge in [0.25, 0.3) is 5.91 Å². The van der Waals surface area contributed by atoms with Crippen molar-refractivity contribution in [3.8, 4) is 5.75 Å². The van der Waals surface area contributed by atoms with Gasteiger partial charge in [-0.05, 0) is 47.9 Å². The van der Waals surface area contributed by atoms with Gasteiger partial charge in [0.1, 0.15) is 11.8 Å². The van der Waals surface area contributed by atoms with E-state index in [1.165, 1.54) is 4.90 Å². The van der Waals surface area contributed by atoms with Crippen LogP contribution in [0.25, 0.3) is 0 Å². The van der Waals surface area contributed by atoms with Gasteiger partial charge in [-0.3, -0.25) is 9.59 Å². The van der Waals surface area contributed by atoms with Gasteiger partial charge < -0.3 is 15.0 Å². The molecule has 0 saturated carbocycles. The van der Waals surface area contributed by atoms with Crippen LogP contribution >= 0.6 is 34.8 Å². The predicted octanol–water partition coefficient (Wildman–Crippen LogP) is 6.19. The second-order valence-electron chi connectivity index (χ2n) is 8.01. The van der Waals surface area contributed by atoms with E-state index in [2.05, 4.69) is 5.32 Å². The first-order valence-corrected chi connectivity index (χ1v) is 12.4. The summed E-state index contributed by atoms with van der Waals surface area (Å²) in [5.74, 6) is -0.249. The Bertz CT molecular complexity index is 1140. The van der Waals surface area contributed by atoms with Crippen LogP contribution in [0.3, 0.4) is 0 Å². The van der Waals surface area contributed by atoms with Crippen LogP contribution in [0.5, 0.6) is 5.75 Å². The summed E-state index contributed by atoms with van der Waals surface area (Å²) in [5.41, 5.74) is 1.74. The lowest BCUT2D eigenvalue weighted by Gasteiger charge is -2.31. The van der Waals surface area contributed by atoms with Crippen molar-refractivity contribution in [1.29, 1.82) is 0 Å². The minimum Gasteiger partial charge on any atom is -0.482 e. The average Bonchev–Trinajstić information content (AvgIpc) is 2.84. The highest BCUT2D eigenvalue weighted by atomic mass is 35.5. The molecule has 3 aromatic rings. The minimum absolute atomic E-state index is 0.189. The standard InChI is InChI=1S/C27H27Cl3N2O3/c1-2-13-31-27(34)24(15-19-7-4-3-5-8-19)32(17-20-9-6-10-21(28)14-20)26(33)18-35-25-12-11-22(29)16-23(25)30/h3-12,14,16,24H,2,13,15,17-18H2,1H3,(H,31,34)/t24-/m0/s1. The summed E-state index contributed by atoms with van der Waals surface area (Å²) >= 11 is 18.3. The molecular formula is C27H27Cl3N2O3. The van der Waals surface area contributed by atoms with Crippen molar-refractivity contribution < 1.29 is 14.3 Å². The quantitative estimate of drug-likeness (QED) is 0.320. The first-order valence-electron chi connectivity index (χ1n) is 11.3. The van der Waals surface area contributed by atoms with Gasteiger partial charge in [-0.25, -0.2) is 0 Å². The third kappa shape index (κ3) is 8.17. The maximum atomic E-state index is 13.5. The van der Waals surface area contributed by atoms with Crippen molar-refractivity contribution in [3.63, 3.8) is 0 Å². The molecule has 8 heteroatoms. The normalized spacial score (nSPS) is 11.5. The zero-order valence-electron chi connectivity index (χ0n) is 19.3. The third-order valence-corrected chi connectivity index (χ3v) is 6.07. The van der Waals surface area contributed by atoms with E-state index < -0.39 is 6.04 Å². The zero-order valence-corrected chi connectivity index (χ0v) is 21.6. The van der Waals surface area contributed by atoms with E-state index in [1.54, 1.807) is 30.3 Å². The zero-order chi connectivity index (χ0) is 25.2. The molecule has 0 fully saturated rings. The fourth-order valence-corrected chi connectivity index (χ4v) is 4.24. The van der Waals surface area contributed by atoms with Gasteiger partial charge in [-0.1, -0.05) is 84.2 Å². The molecule has 3 aromatic carbocycles. The number of amides is 2. The molecule has 0 aliphatic carbocycles. The van der Waals surface area contributed by atoms with E-state index in [-0.39, 0.29) is 25.0 Å². The summed E-state index contributed by atoms with van der Waals surface area (Å²) in [6.07, 6.45) is 1.13. The van der Waals surface area contributed by atoms with Crippen LogP contribution in [0.2, 0.25) is 15.1 Å². The highest BCUT2D eigenvalue weighted by Crippen LogP contribution is 2.27. The number of nitrogens with one attached hydrogen (secondary N) is 1. The number of hydrogen-bond donors (Lipinski definition) is 1. The number of rotatable bonds is 11. The molecular weight excluding hydrogens is 507 g/mol. The number of carbonyl (C=O) groups is 2. The number of hydrogen-bond acceptors (Lipinski definition) is 3. The molecule has 1 atom stereocenters. The van der Waals surface area contributed by atoms with Crippen LogP contribution in [-0.4, -0.2) is 35.9 Å². The van der Waals surface area contributed by atoms with Crippen LogP contribution in [0.4, 0.5) is 0 Å². The predicted molar refractivity (Wildman–Crippen MR) is 141 cm³/mol. The molecule has 0 radical (unpaired) electrons. The van der Waals surface area contributed by atoms with Gasteiger partial charge in [0.05, 0.1) is 5.02 Å². The number of carbonyl (C=O) groups excluding carboxylic acids is 2. The SMILES string of the molecule is CCCNC(=O)[C@H](Cc1ccccc1)N(Cc1cccc(Cl)c1)C(=O)COc1ccc(Cl)cc1Cl. The van der Waals surface area contributed by atoms with E-state index in [1.807, 2.05) is 49.4 Å². The van der Waals surface area contributed by atoms with E-state index in [0.717, 1.165) is 17.5 Å². The van der Waals surface area contributed by atoms with Crippen LogP contribution < -0.4 is 10.1 Å². The Hall–Kier alpha value is -2.73. The number of nitrogens with zero attached hydrogens (tertiary/aromatic N) is 1. The molecule has 0 unspecified atom stereocenters. The van der Waals surface area contributed by atoms with Crippen molar-refractivity contribution in [1.82, 2.24) is 10.2 Å². The van der Waals surface area contributed by atoms with Crippen LogP contribution in [0, 0.1) is 0 Å². The Kier molecular flexibility index (Phi) is 10.3. The number of halogens is 3. The van der Waals surface area contributed by atoms with E-state index >= 15 is 0 Å². The molecule has 0 aromatic heterocycles. The van der Waals surface area contributed by atoms with Crippen molar-refractivity contribution in [3.05, 3.63) is 99.0 Å². The monoisotopic (exact) mass is 532 g/mol. The fraction of sp³-hybridized carbons (Fsp3) is 0.259. The molecule has 0 aliphatic heterocycles. The van der Waals surface area contributed by atoms with Gasteiger partial charge in [0.15, 0.2) is 6.61 Å². The van der Waals surface area contributed by atoms with E-state index in [4.69, 9.17) is 39.5 Å². The Labute approximate surface area is 220 Å². The fourth-order valence-electron chi connectivity index (χ4n) is 3.57. The van der Waals surface area contributed by atoms with Gasteiger partial charge in [0.2, 0.25) is 5.91 Å². The minimum atomic E-state index is -0.750. The highest BCUT2D eigenvalue weighted by molar-refractivity contribution is 6.35. The molecule has 0 spiro atoms. The number of ether oxygens (including phenoxy) is 1. The lowest BCUT2D eigenvalue weighted by Crippen LogP contribution is -2.51. The van der Waals surface area contributed by atoms with Crippen molar-refractivity contribution in [2.45, 2.75) is 32.4 Å². The Morgan fingerprint density at radius 1 is 0.914 bits per heavy atom. The first kappa shape index (κ1) is 26.9. The highest BCUT2D eigenvalue weighted by Gasteiger charge is 2.30. The molecule has 0 saturated heterocycles. The maximum absolute atomic E-state index is 13.5. The molecule has 2 amide bonds. The Morgan fingerprint density at radius 2 is 1.63 bits per heavy atom. The second kappa shape index (κ2) is 13.4. The lowest BCUT2D eigenvalue weighted by molar-refractivity contribution is -0.142. The summed E-state index contributed by atoms with van der Waals surface area (Å²) in [7, 11) is 0. The topological polar surface area (TPSA) is 58.6 Å². The first-order chi connectivity index (χ1) is 16.9. The van der Waals surface area contributed by atoms with Crippen LogP contribution in [0.1, 0.15) is 24.5 Å². The third-order valence-electron chi connectivity index (χ3n) is 5.31. The summed E-state index contributed by atoms with van der Waals surface area (Å²) in [6, 6.07) is 20.9. The van der Waals surface area contributed by atoms with Crippen molar-refractivity contribution in [2.24, 2.45) is 0 Å². The largest absolute Gasteiger partial charge is 0.482 e. The Morgan fingerprint density at radius 3 is 2.31 bits per heavy atom. The molecule has 5 nitrogen and oxygen atoms in total. The maximum Gasteiger partial charge on any atom is 0.261 e. The smallest absolute Gasteiger partial charge is 0.261 e. The van der Waals surface area contributed by atoms with Crippen molar-refractivity contribution >= 4 is 46.6 Å². The van der Waals surface area contributed by atoms with Crippen LogP contribution in [-0.2, 0) is 22.6 Å². The van der Waals surface area contributed by atoms with E-state index in [0.29, 0.717) is 33.8 Å². The summed E-state index contributed by atoms with van der Waals surface area (Å²) in [4.78, 5) is 28.3. The average molecular weight is 534 g/mol. The van der Waals surface area contributed by atoms with Crippen LogP contribution in [0.15, 0.2) is 72.8 Å². The van der Waals surface area contributed by atoms with Gasteiger partial charge in [0, 0.05) is 29.6 Å². The summed E-state index contributed by atoms with van der Waals surface area (Å²) in [5, 5.41) is 4.25. The second-order valence-corrected chi connectivity index (χ2v) is 9.29.